The minimum Gasteiger partial charge on any atom is -0.495 e. The molecule has 0 radical (unpaired) electrons. The number of nitrogens with zero attached hydrogens (tertiary/aromatic N) is 1. The number of amides is 2. The number of carbonyl (C=O) groups is 2. The fourth-order valence-corrected chi connectivity index (χ4v) is 2.20. The Morgan fingerprint density at radius 1 is 1.12 bits per heavy atom. The van der Waals surface area contributed by atoms with E-state index in [1.165, 1.54) is 18.5 Å². The quantitative estimate of drug-likeness (QED) is 0.846. The lowest BCUT2D eigenvalue weighted by Crippen LogP contribution is -2.27. The van der Waals surface area contributed by atoms with Gasteiger partial charge in [-0.2, -0.15) is 0 Å². The highest BCUT2D eigenvalue weighted by atomic mass is 16.5. The van der Waals surface area contributed by atoms with Gasteiger partial charge < -0.3 is 15.4 Å². The van der Waals surface area contributed by atoms with Gasteiger partial charge in [-0.1, -0.05) is 19.9 Å². The monoisotopic (exact) mass is 341 g/mol. The third-order valence-electron chi connectivity index (χ3n) is 3.54. The summed E-state index contributed by atoms with van der Waals surface area (Å²) in [7, 11) is 1.54. The van der Waals surface area contributed by atoms with Gasteiger partial charge in [0.15, 0.2) is 0 Å². The van der Waals surface area contributed by atoms with Crippen molar-refractivity contribution in [3.05, 3.63) is 53.3 Å². The summed E-state index contributed by atoms with van der Waals surface area (Å²) in [6, 6.07) is 7.04. The largest absolute Gasteiger partial charge is 0.495 e. The second-order valence-corrected chi connectivity index (χ2v) is 6.22. The van der Waals surface area contributed by atoms with Crippen molar-refractivity contribution in [3.63, 3.8) is 0 Å². The Labute approximate surface area is 147 Å². The molecule has 0 unspecified atom stereocenters. The van der Waals surface area contributed by atoms with Crippen LogP contribution in [0, 0.1) is 12.8 Å². The number of ether oxygens (including phenoxy) is 1. The minimum atomic E-state index is -0.352. The van der Waals surface area contributed by atoms with E-state index in [-0.39, 0.29) is 11.8 Å². The Morgan fingerprint density at radius 3 is 2.44 bits per heavy atom. The van der Waals surface area contributed by atoms with Crippen LogP contribution in [-0.4, -0.2) is 30.5 Å². The van der Waals surface area contributed by atoms with E-state index in [0.717, 1.165) is 5.56 Å². The van der Waals surface area contributed by atoms with E-state index < -0.39 is 0 Å². The molecule has 0 aliphatic rings. The SMILES string of the molecule is COc1ccc(C)cc1NC(=O)c1cncc(C(=O)NCC(C)C)c1. The highest BCUT2D eigenvalue weighted by molar-refractivity contribution is 6.06. The highest BCUT2D eigenvalue weighted by Gasteiger charge is 2.13. The summed E-state index contributed by atoms with van der Waals surface area (Å²) in [5, 5.41) is 5.61. The Kier molecular flexibility index (Phi) is 6.11. The molecule has 6 heteroatoms. The number of pyridine rings is 1. The molecule has 0 saturated carbocycles. The van der Waals surface area contributed by atoms with E-state index in [9.17, 15) is 9.59 Å². The van der Waals surface area contributed by atoms with Crippen LogP contribution in [0.4, 0.5) is 5.69 Å². The van der Waals surface area contributed by atoms with Crippen molar-refractivity contribution in [1.29, 1.82) is 0 Å². The molecule has 0 aliphatic carbocycles. The standard InChI is InChI=1S/C19H23N3O3/c1-12(2)9-21-18(23)14-8-15(11-20-10-14)19(24)22-16-7-13(3)5-6-17(16)25-4/h5-8,10-12H,9H2,1-4H3,(H,21,23)(H,22,24). The zero-order valence-corrected chi connectivity index (χ0v) is 14.9. The maximum atomic E-state index is 12.5. The van der Waals surface area contributed by atoms with Gasteiger partial charge in [0.1, 0.15) is 5.75 Å². The summed E-state index contributed by atoms with van der Waals surface area (Å²) < 4.78 is 5.26. The van der Waals surface area contributed by atoms with E-state index in [1.807, 2.05) is 32.9 Å². The highest BCUT2D eigenvalue weighted by Crippen LogP contribution is 2.25. The molecule has 1 aromatic carbocycles. The maximum absolute atomic E-state index is 12.5. The van der Waals surface area contributed by atoms with Crippen molar-refractivity contribution in [2.45, 2.75) is 20.8 Å². The third kappa shape index (κ3) is 5.04. The smallest absolute Gasteiger partial charge is 0.257 e. The Hall–Kier alpha value is -2.89. The Balaban J connectivity index is 2.16. The first-order valence-electron chi connectivity index (χ1n) is 8.10. The van der Waals surface area contributed by atoms with E-state index in [2.05, 4.69) is 15.6 Å². The Morgan fingerprint density at radius 2 is 1.80 bits per heavy atom. The number of aryl methyl sites for hydroxylation is 1. The molecule has 0 fully saturated rings. The van der Waals surface area contributed by atoms with Crippen LogP contribution in [0.25, 0.3) is 0 Å². The van der Waals surface area contributed by atoms with Crippen molar-refractivity contribution in [3.8, 4) is 5.75 Å². The fraction of sp³-hybridized carbons (Fsp3) is 0.316. The van der Waals surface area contributed by atoms with Crippen molar-refractivity contribution >= 4 is 17.5 Å². The summed E-state index contributed by atoms with van der Waals surface area (Å²) in [6.45, 7) is 6.52. The molecule has 2 aromatic rings. The first-order chi connectivity index (χ1) is 11.9. The zero-order valence-electron chi connectivity index (χ0n) is 14.9. The molecular formula is C19H23N3O3. The molecule has 2 N–H and O–H groups in total. The van der Waals surface area contributed by atoms with Gasteiger partial charge in [-0.05, 0) is 36.6 Å². The minimum absolute atomic E-state index is 0.246. The summed E-state index contributed by atoms with van der Waals surface area (Å²) in [6.07, 6.45) is 2.87. The lowest BCUT2D eigenvalue weighted by atomic mass is 10.1. The van der Waals surface area contributed by atoms with Crippen LogP contribution in [0.3, 0.4) is 0 Å². The predicted octanol–water partition coefficient (Wildman–Crippen LogP) is 3.04. The molecule has 1 aromatic heterocycles. The van der Waals surface area contributed by atoms with Gasteiger partial charge in [-0.15, -0.1) is 0 Å². The van der Waals surface area contributed by atoms with Crippen LogP contribution in [-0.2, 0) is 0 Å². The van der Waals surface area contributed by atoms with Crippen molar-refractivity contribution < 1.29 is 14.3 Å². The molecular weight excluding hydrogens is 318 g/mol. The molecule has 25 heavy (non-hydrogen) atoms. The molecule has 0 atom stereocenters. The van der Waals surface area contributed by atoms with E-state index in [0.29, 0.717) is 35.0 Å². The second kappa shape index (κ2) is 8.28. The molecule has 0 aliphatic heterocycles. The van der Waals surface area contributed by atoms with Crippen LogP contribution < -0.4 is 15.4 Å². The van der Waals surface area contributed by atoms with Crippen LogP contribution in [0.5, 0.6) is 5.75 Å². The number of rotatable bonds is 6. The maximum Gasteiger partial charge on any atom is 0.257 e. The lowest BCUT2D eigenvalue weighted by Gasteiger charge is -2.11. The average Bonchev–Trinajstić information content (AvgIpc) is 2.60. The van der Waals surface area contributed by atoms with E-state index in [1.54, 1.807) is 13.2 Å². The number of hydrogen-bond donors (Lipinski definition) is 2. The van der Waals surface area contributed by atoms with E-state index >= 15 is 0 Å². The fourth-order valence-electron chi connectivity index (χ4n) is 2.20. The average molecular weight is 341 g/mol. The molecule has 0 bridgehead atoms. The molecule has 2 amide bonds. The number of methoxy groups -OCH3 is 1. The predicted molar refractivity (Wildman–Crippen MR) is 97.1 cm³/mol. The van der Waals surface area contributed by atoms with E-state index in [4.69, 9.17) is 4.74 Å². The van der Waals surface area contributed by atoms with Crippen molar-refractivity contribution in [1.82, 2.24) is 10.3 Å². The number of hydrogen-bond acceptors (Lipinski definition) is 4. The Bertz CT molecular complexity index is 772. The molecule has 1 heterocycles. The van der Waals surface area contributed by atoms with Gasteiger partial charge in [-0.3, -0.25) is 14.6 Å². The number of nitrogens with one attached hydrogen (secondary N) is 2. The first kappa shape index (κ1) is 18.4. The number of aromatic nitrogens is 1. The van der Waals surface area contributed by atoms with Gasteiger partial charge >= 0.3 is 0 Å². The molecule has 6 nitrogen and oxygen atoms in total. The summed E-state index contributed by atoms with van der Waals surface area (Å²) in [5.41, 5.74) is 2.23. The van der Waals surface area contributed by atoms with Crippen LogP contribution >= 0.6 is 0 Å². The molecule has 0 saturated heterocycles. The summed E-state index contributed by atoms with van der Waals surface area (Å²) in [4.78, 5) is 28.6. The number of anilines is 1. The number of carbonyl (C=O) groups excluding carboxylic acids is 2. The molecule has 0 spiro atoms. The van der Waals surface area contributed by atoms with Gasteiger partial charge in [0.25, 0.3) is 11.8 Å². The molecule has 2 rings (SSSR count). The van der Waals surface area contributed by atoms with Gasteiger partial charge in [0.05, 0.1) is 23.9 Å². The zero-order chi connectivity index (χ0) is 18.4. The molecule has 132 valence electrons. The van der Waals surface area contributed by atoms with Crippen molar-refractivity contribution in [2.75, 3.05) is 19.0 Å². The summed E-state index contributed by atoms with van der Waals surface area (Å²) in [5.74, 6) is 0.314. The van der Waals surface area contributed by atoms with Crippen LogP contribution in [0.1, 0.15) is 40.1 Å². The van der Waals surface area contributed by atoms with Gasteiger partial charge in [0, 0.05) is 18.9 Å². The third-order valence-corrected chi connectivity index (χ3v) is 3.54. The van der Waals surface area contributed by atoms with Crippen LogP contribution in [0.15, 0.2) is 36.7 Å². The summed E-state index contributed by atoms with van der Waals surface area (Å²) >= 11 is 0. The van der Waals surface area contributed by atoms with Gasteiger partial charge in [0.2, 0.25) is 0 Å². The van der Waals surface area contributed by atoms with Crippen LogP contribution in [0.2, 0.25) is 0 Å². The van der Waals surface area contributed by atoms with Crippen molar-refractivity contribution in [2.24, 2.45) is 5.92 Å². The van der Waals surface area contributed by atoms with Gasteiger partial charge in [-0.25, -0.2) is 0 Å². The number of benzene rings is 1. The topological polar surface area (TPSA) is 80.3 Å². The lowest BCUT2D eigenvalue weighted by molar-refractivity contribution is 0.0948. The first-order valence-corrected chi connectivity index (χ1v) is 8.10. The normalized spacial score (nSPS) is 10.4. The second-order valence-electron chi connectivity index (χ2n) is 6.22.